The molecule has 0 bridgehead atoms. The van der Waals surface area contributed by atoms with Crippen LogP contribution in [0, 0.1) is 5.92 Å². The summed E-state index contributed by atoms with van der Waals surface area (Å²) in [5, 5.41) is 9.65. The maximum atomic E-state index is 10.7. The van der Waals surface area contributed by atoms with Gasteiger partial charge in [-0.25, -0.2) is 0 Å². The summed E-state index contributed by atoms with van der Waals surface area (Å²) in [4.78, 5) is 12.9. The van der Waals surface area contributed by atoms with Gasteiger partial charge in [0.05, 0.1) is 25.4 Å². The van der Waals surface area contributed by atoms with E-state index in [2.05, 4.69) is 4.90 Å². The number of carbonyl (C=O) groups excluding carboxylic acids is 1. The molecule has 0 aromatic carbocycles. The SMILES string of the molecule is O=CC1CCCN(C2COCC2O)C1. The van der Waals surface area contributed by atoms with E-state index >= 15 is 0 Å². The molecule has 0 aliphatic carbocycles. The van der Waals surface area contributed by atoms with Crippen LogP contribution in [0.25, 0.3) is 0 Å². The first-order valence-electron chi connectivity index (χ1n) is 5.26. The van der Waals surface area contributed by atoms with Crippen LogP contribution >= 0.6 is 0 Å². The van der Waals surface area contributed by atoms with Crippen LogP contribution in [0.1, 0.15) is 12.8 Å². The van der Waals surface area contributed by atoms with Gasteiger partial charge in [-0.05, 0) is 19.4 Å². The third kappa shape index (κ3) is 1.97. The summed E-state index contributed by atoms with van der Waals surface area (Å²) in [6.07, 6.45) is 2.70. The Balaban J connectivity index is 1.93. The number of aliphatic hydroxyl groups is 1. The number of hydrogen-bond donors (Lipinski definition) is 1. The van der Waals surface area contributed by atoms with Crippen LogP contribution in [-0.2, 0) is 9.53 Å². The van der Waals surface area contributed by atoms with E-state index in [1.807, 2.05) is 0 Å². The zero-order valence-electron chi connectivity index (χ0n) is 8.26. The maximum absolute atomic E-state index is 10.7. The lowest BCUT2D eigenvalue weighted by atomic mass is 9.97. The summed E-state index contributed by atoms with van der Waals surface area (Å²) >= 11 is 0. The van der Waals surface area contributed by atoms with Gasteiger partial charge in [0, 0.05) is 12.5 Å². The standard InChI is InChI=1S/C10H17NO3/c12-5-8-2-1-3-11(4-8)9-6-14-7-10(9)13/h5,8-10,13H,1-4,6-7H2. The quantitative estimate of drug-likeness (QED) is 0.618. The Morgan fingerprint density at radius 2 is 2.29 bits per heavy atom. The van der Waals surface area contributed by atoms with Crippen molar-refractivity contribution in [3.8, 4) is 0 Å². The second-order valence-corrected chi connectivity index (χ2v) is 4.21. The average Bonchev–Trinajstić information content (AvgIpc) is 2.65. The highest BCUT2D eigenvalue weighted by Crippen LogP contribution is 2.21. The molecule has 3 unspecified atom stereocenters. The highest BCUT2D eigenvalue weighted by Gasteiger charge is 2.34. The molecular formula is C10H17NO3. The molecule has 4 nitrogen and oxygen atoms in total. The van der Waals surface area contributed by atoms with Crippen molar-refractivity contribution in [1.29, 1.82) is 0 Å². The molecule has 80 valence electrons. The van der Waals surface area contributed by atoms with Crippen LogP contribution in [0.4, 0.5) is 0 Å². The highest BCUT2D eigenvalue weighted by molar-refractivity contribution is 5.53. The largest absolute Gasteiger partial charge is 0.389 e. The summed E-state index contributed by atoms with van der Waals surface area (Å²) in [5.74, 6) is 0.150. The van der Waals surface area contributed by atoms with Gasteiger partial charge in [0.1, 0.15) is 6.29 Å². The normalized spacial score (nSPS) is 39.9. The Hall–Kier alpha value is -0.450. The monoisotopic (exact) mass is 199 g/mol. The topological polar surface area (TPSA) is 49.8 Å². The van der Waals surface area contributed by atoms with Gasteiger partial charge >= 0.3 is 0 Å². The van der Waals surface area contributed by atoms with E-state index in [1.54, 1.807) is 0 Å². The number of aldehydes is 1. The second-order valence-electron chi connectivity index (χ2n) is 4.21. The minimum Gasteiger partial charge on any atom is -0.389 e. The highest BCUT2D eigenvalue weighted by atomic mass is 16.5. The van der Waals surface area contributed by atoms with E-state index in [4.69, 9.17) is 4.74 Å². The third-order valence-corrected chi connectivity index (χ3v) is 3.17. The maximum Gasteiger partial charge on any atom is 0.124 e. The molecule has 2 aliphatic rings. The van der Waals surface area contributed by atoms with Gasteiger partial charge in [-0.15, -0.1) is 0 Å². The lowest BCUT2D eigenvalue weighted by molar-refractivity contribution is -0.113. The predicted octanol–water partition coefficient (Wildman–Crippen LogP) is -0.343. The van der Waals surface area contributed by atoms with Crippen LogP contribution in [0.5, 0.6) is 0 Å². The number of carbonyl (C=O) groups is 1. The third-order valence-electron chi connectivity index (χ3n) is 3.17. The molecule has 0 spiro atoms. The fraction of sp³-hybridized carbons (Fsp3) is 0.900. The van der Waals surface area contributed by atoms with E-state index in [-0.39, 0.29) is 18.1 Å². The summed E-state index contributed by atoms with van der Waals surface area (Å²) in [6.45, 7) is 2.81. The molecule has 1 N–H and O–H groups in total. The number of hydrogen-bond acceptors (Lipinski definition) is 4. The predicted molar refractivity (Wildman–Crippen MR) is 51.0 cm³/mol. The van der Waals surface area contributed by atoms with Gasteiger partial charge in [-0.2, -0.15) is 0 Å². The van der Waals surface area contributed by atoms with E-state index in [0.29, 0.717) is 13.2 Å². The Labute approximate surface area is 83.8 Å². The molecule has 4 heteroatoms. The smallest absolute Gasteiger partial charge is 0.124 e. The van der Waals surface area contributed by atoms with Gasteiger partial charge in [-0.3, -0.25) is 4.90 Å². The molecule has 14 heavy (non-hydrogen) atoms. The van der Waals surface area contributed by atoms with E-state index in [1.165, 1.54) is 0 Å². The first kappa shape index (κ1) is 10.1. The minimum atomic E-state index is -0.375. The van der Waals surface area contributed by atoms with Gasteiger partial charge in [0.25, 0.3) is 0 Å². The van der Waals surface area contributed by atoms with Crippen molar-refractivity contribution in [3.05, 3.63) is 0 Å². The number of piperidine rings is 1. The number of nitrogens with zero attached hydrogens (tertiary/aromatic N) is 1. The number of aliphatic hydroxyl groups excluding tert-OH is 1. The molecule has 0 saturated carbocycles. The van der Waals surface area contributed by atoms with Gasteiger partial charge in [-0.1, -0.05) is 0 Å². The minimum absolute atomic E-state index is 0.109. The Bertz CT molecular complexity index is 210. The zero-order chi connectivity index (χ0) is 9.97. The van der Waals surface area contributed by atoms with Crippen LogP contribution in [-0.4, -0.2) is 54.7 Å². The van der Waals surface area contributed by atoms with Crippen molar-refractivity contribution in [2.24, 2.45) is 5.92 Å². The number of rotatable bonds is 2. The van der Waals surface area contributed by atoms with E-state index in [0.717, 1.165) is 32.2 Å². The molecule has 0 aromatic rings. The Kier molecular flexibility index (Phi) is 3.15. The fourth-order valence-electron chi connectivity index (χ4n) is 2.33. The Morgan fingerprint density at radius 1 is 1.43 bits per heavy atom. The van der Waals surface area contributed by atoms with Gasteiger partial charge in [0.2, 0.25) is 0 Å². The first-order chi connectivity index (χ1) is 6.81. The molecule has 2 rings (SSSR count). The summed E-state index contributed by atoms with van der Waals surface area (Å²) < 4.78 is 5.21. The molecule has 2 saturated heterocycles. The van der Waals surface area contributed by atoms with Crippen LogP contribution in [0.3, 0.4) is 0 Å². The van der Waals surface area contributed by atoms with Gasteiger partial charge in [0.15, 0.2) is 0 Å². The molecule has 3 atom stereocenters. The van der Waals surface area contributed by atoms with Crippen LogP contribution < -0.4 is 0 Å². The summed E-state index contributed by atoms with van der Waals surface area (Å²) in [6, 6.07) is 0.109. The summed E-state index contributed by atoms with van der Waals surface area (Å²) in [5.41, 5.74) is 0. The molecule has 2 heterocycles. The Morgan fingerprint density at radius 3 is 2.93 bits per heavy atom. The lowest BCUT2D eigenvalue weighted by Gasteiger charge is -2.35. The fourth-order valence-corrected chi connectivity index (χ4v) is 2.33. The van der Waals surface area contributed by atoms with Crippen molar-refractivity contribution in [1.82, 2.24) is 4.90 Å². The van der Waals surface area contributed by atoms with Crippen molar-refractivity contribution in [2.45, 2.75) is 25.0 Å². The molecule has 0 amide bonds. The van der Waals surface area contributed by atoms with E-state index in [9.17, 15) is 9.90 Å². The zero-order valence-corrected chi connectivity index (χ0v) is 8.26. The van der Waals surface area contributed by atoms with Crippen LogP contribution in [0.15, 0.2) is 0 Å². The lowest BCUT2D eigenvalue weighted by Crippen LogP contribution is -2.48. The van der Waals surface area contributed by atoms with Crippen molar-refractivity contribution < 1.29 is 14.6 Å². The van der Waals surface area contributed by atoms with Crippen LogP contribution in [0.2, 0.25) is 0 Å². The number of ether oxygens (including phenoxy) is 1. The van der Waals surface area contributed by atoms with Crippen molar-refractivity contribution in [3.63, 3.8) is 0 Å². The summed E-state index contributed by atoms with van der Waals surface area (Å²) in [7, 11) is 0. The molecule has 0 radical (unpaired) electrons. The molecule has 2 fully saturated rings. The second kappa shape index (κ2) is 4.38. The number of likely N-dealkylation sites (tertiary alicyclic amines) is 1. The molecule has 0 aromatic heterocycles. The first-order valence-corrected chi connectivity index (χ1v) is 5.26. The van der Waals surface area contributed by atoms with E-state index < -0.39 is 0 Å². The van der Waals surface area contributed by atoms with Crippen molar-refractivity contribution in [2.75, 3.05) is 26.3 Å². The van der Waals surface area contributed by atoms with Gasteiger partial charge < -0.3 is 14.6 Å². The molecular weight excluding hydrogens is 182 g/mol. The van der Waals surface area contributed by atoms with Crippen molar-refractivity contribution >= 4 is 6.29 Å². The molecule has 2 aliphatic heterocycles. The average molecular weight is 199 g/mol.